The number of halogens is 4. The van der Waals surface area contributed by atoms with Crippen molar-refractivity contribution in [2.45, 2.75) is 12.5 Å². The van der Waals surface area contributed by atoms with Crippen LogP contribution in [0.25, 0.3) is 0 Å². The second-order valence-corrected chi connectivity index (χ2v) is 8.76. The molecule has 0 saturated heterocycles. The molecule has 0 spiro atoms. The number of fused-ring (bicyclic) bond motifs is 1. The first kappa shape index (κ1) is 19.4. The van der Waals surface area contributed by atoms with E-state index in [1.54, 1.807) is 0 Å². The average molecular weight is 594 g/mol. The Hall–Kier alpha value is 0.1000. The topological polar surface area (TPSA) is 77.5 Å². The van der Waals surface area contributed by atoms with Crippen LogP contribution in [0.2, 0.25) is 0 Å². The highest BCUT2D eigenvalue weighted by Crippen LogP contribution is 2.45. The number of carbonyl (C=O) groups is 3. The fourth-order valence-electron chi connectivity index (χ4n) is 2.23. The van der Waals surface area contributed by atoms with Gasteiger partial charge in [-0.3, -0.25) is 14.5 Å². The van der Waals surface area contributed by atoms with E-state index in [0.29, 0.717) is 23.6 Å². The van der Waals surface area contributed by atoms with Crippen molar-refractivity contribution in [1.82, 2.24) is 4.90 Å². The summed E-state index contributed by atoms with van der Waals surface area (Å²) in [5.41, 5.74) is 0.264. The number of imide groups is 1. The van der Waals surface area contributed by atoms with Gasteiger partial charge in [-0.1, -0.05) is 0 Å². The number of carbonyl (C=O) groups excluding carboxylic acids is 3. The zero-order valence-corrected chi connectivity index (χ0v) is 18.7. The number of amides is 2. The standard InChI is InChI=1S/C13H9Br4NO4S/c1-23-3-2-4(13(21)22)18-11(19)5-6(12(18)20)8(15)10(17)9(16)7(5)14/h4H,2-3H2,1H3,(H,21,22)/p-1/t4-/m1/s1. The summed E-state index contributed by atoms with van der Waals surface area (Å²) in [5, 5.41) is 11.4. The number of hydrogen-bond acceptors (Lipinski definition) is 5. The van der Waals surface area contributed by atoms with Crippen molar-refractivity contribution in [2.24, 2.45) is 0 Å². The Morgan fingerprint density at radius 3 is 1.83 bits per heavy atom. The molecule has 0 aliphatic carbocycles. The summed E-state index contributed by atoms with van der Waals surface area (Å²) in [6, 6.07) is -1.30. The van der Waals surface area contributed by atoms with Gasteiger partial charge >= 0.3 is 0 Å². The summed E-state index contributed by atoms with van der Waals surface area (Å²) < 4.78 is 1.90. The maximum Gasteiger partial charge on any atom is 0.263 e. The Labute approximate surface area is 170 Å². The Bertz CT molecular complexity index is 678. The second kappa shape index (κ2) is 7.55. The normalized spacial score (nSPS) is 15.1. The van der Waals surface area contributed by atoms with Crippen LogP contribution in [0.1, 0.15) is 27.1 Å². The monoisotopic (exact) mass is 590 g/mol. The van der Waals surface area contributed by atoms with E-state index in [0.717, 1.165) is 4.90 Å². The van der Waals surface area contributed by atoms with E-state index in [1.165, 1.54) is 11.8 Å². The van der Waals surface area contributed by atoms with Gasteiger partial charge < -0.3 is 9.90 Å². The number of benzene rings is 1. The van der Waals surface area contributed by atoms with Crippen LogP contribution in [0.5, 0.6) is 0 Å². The fraction of sp³-hybridized carbons (Fsp3) is 0.308. The van der Waals surface area contributed by atoms with E-state index in [1.807, 2.05) is 6.26 Å². The molecule has 0 aromatic heterocycles. The number of carboxylic acid groups (broad SMARTS) is 1. The predicted octanol–water partition coefficient (Wildman–Crippen LogP) is 3.20. The van der Waals surface area contributed by atoms with Crippen LogP contribution < -0.4 is 5.11 Å². The van der Waals surface area contributed by atoms with Crippen LogP contribution in [-0.4, -0.2) is 40.7 Å². The van der Waals surface area contributed by atoms with Gasteiger partial charge in [0.1, 0.15) is 0 Å². The number of carboxylic acids is 1. The Morgan fingerprint density at radius 1 is 1.04 bits per heavy atom. The van der Waals surface area contributed by atoms with Gasteiger partial charge in [0.05, 0.1) is 23.1 Å². The summed E-state index contributed by atoms with van der Waals surface area (Å²) >= 11 is 14.6. The SMILES string of the molecule is CSCC[C@H](C(=O)[O-])N1C(=O)c2c(Br)c(Br)c(Br)c(Br)c2C1=O. The molecule has 0 saturated carbocycles. The Balaban J connectivity index is 2.59. The molecule has 1 aromatic carbocycles. The van der Waals surface area contributed by atoms with Crippen LogP contribution in [0.3, 0.4) is 0 Å². The molecule has 1 aliphatic heterocycles. The van der Waals surface area contributed by atoms with Crippen molar-refractivity contribution < 1.29 is 19.5 Å². The fourth-order valence-corrected chi connectivity index (χ4v) is 5.15. The molecule has 2 rings (SSSR count). The Kier molecular flexibility index (Phi) is 6.38. The molecule has 1 atom stereocenters. The molecular weight excluding hydrogens is 586 g/mol. The van der Waals surface area contributed by atoms with E-state index in [4.69, 9.17) is 0 Å². The summed E-state index contributed by atoms with van der Waals surface area (Å²) in [7, 11) is 0. The van der Waals surface area contributed by atoms with Crippen molar-refractivity contribution in [3.63, 3.8) is 0 Å². The van der Waals surface area contributed by atoms with Crippen molar-refractivity contribution in [2.75, 3.05) is 12.0 Å². The zero-order chi connectivity index (χ0) is 17.5. The van der Waals surface area contributed by atoms with Gasteiger partial charge in [0.15, 0.2) is 0 Å². The third kappa shape index (κ3) is 3.29. The highest BCUT2D eigenvalue weighted by atomic mass is 79.9. The molecule has 1 aromatic rings. The van der Waals surface area contributed by atoms with E-state index < -0.39 is 23.8 Å². The smallest absolute Gasteiger partial charge is 0.263 e. The summed E-state index contributed by atoms with van der Waals surface area (Å²) in [4.78, 5) is 37.5. The first-order chi connectivity index (χ1) is 10.7. The number of thioether (sulfide) groups is 1. The summed E-state index contributed by atoms with van der Waals surface area (Å²) in [6.07, 6.45) is 1.95. The number of aliphatic carboxylic acids is 1. The highest BCUT2D eigenvalue weighted by molar-refractivity contribution is 9.15. The van der Waals surface area contributed by atoms with Crippen LogP contribution in [0.15, 0.2) is 17.9 Å². The maximum absolute atomic E-state index is 12.7. The van der Waals surface area contributed by atoms with E-state index in [2.05, 4.69) is 63.7 Å². The lowest BCUT2D eigenvalue weighted by Crippen LogP contribution is -2.50. The lowest BCUT2D eigenvalue weighted by molar-refractivity contribution is -0.310. The van der Waals surface area contributed by atoms with Crippen LogP contribution >= 0.6 is 75.5 Å². The molecular formula is C13H8Br4NO4S-. The molecule has 124 valence electrons. The molecule has 10 heteroatoms. The molecule has 0 unspecified atom stereocenters. The molecule has 0 radical (unpaired) electrons. The molecule has 2 amide bonds. The van der Waals surface area contributed by atoms with Gasteiger partial charge in [0, 0.05) is 17.9 Å². The number of nitrogens with zero attached hydrogens (tertiary/aromatic N) is 1. The third-order valence-electron chi connectivity index (χ3n) is 3.31. The quantitative estimate of drug-likeness (QED) is 0.298. The number of hydrogen-bond donors (Lipinski definition) is 0. The third-order valence-corrected chi connectivity index (χ3v) is 8.72. The molecule has 0 fully saturated rings. The molecule has 5 nitrogen and oxygen atoms in total. The first-order valence-electron chi connectivity index (χ1n) is 6.17. The molecule has 0 N–H and O–H groups in total. The van der Waals surface area contributed by atoms with E-state index >= 15 is 0 Å². The molecule has 1 aliphatic rings. The maximum atomic E-state index is 12.7. The summed E-state index contributed by atoms with van der Waals surface area (Å²) in [5.74, 6) is -2.26. The van der Waals surface area contributed by atoms with Gasteiger partial charge in [-0.2, -0.15) is 11.8 Å². The van der Waals surface area contributed by atoms with Gasteiger partial charge in [-0.15, -0.1) is 0 Å². The van der Waals surface area contributed by atoms with E-state index in [-0.39, 0.29) is 17.5 Å². The van der Waals surface area contributed by atoms with Crippen molar-refractivity contribution >= 4 is 93.3 Å². The van der Waals surface area contributed by atoms with Crippen molar-refractivity contribution in [3.05, 3.63) is 29.0 Å². The van der Waals surface area contributed by atoms with Gasteiger partial charge in [0.2, 0.25) is 0 Å². The minimum atomic E-state index is -1.45. The second-order valence-electron chi connectivity index (χ2n) is 4.60. The van der Waals surface area contributed by atoms with Crippen LogP contribution in [-0.2, 0) is 4.79 Å². The van der Waals surface area contributed by atoms with Crippen LogP contribution in [0.4, 0.5) is 0 Å². The highest BCUT2D eigenvalue weighted by Gasteiger charge is 2.44. The van der Waals surface area contributed by atoms with Gasteiger partial charge in [-0.05, 0) is 82.1 Å². The Morgan fingerprint density at radius 2 is 1.48 bits per heavy atom. The summed E-state index contributed by atoms with van der Waals surface area (Å²) in [6.45, 7) is 0. The average Bonchev–Trinajstić information content (AvgIpc) is 2.75. The molecule has 0 bridgehead atoms. The van der Waals surface area contributed by atoms with Crippen molar-refractivity contribution in [1.29, 1.82) is 0 Å². The largest absolute Gasteiger partial charge is 0.548 e. The lowest BCUT2D eigenvalue weighted by Gasteiger charge is -2.26. The predicted molar refractivity (Wildman–Crippen MR) is 99.5 cm³/mol. The van der Waals surface area contributed by atoms with E-state index in [9.17, 15) is 19.5 Å². The molecule has 23 heavy (non-hydrogen) atoms. The minimum Gasteiger partial charge on any atom is -0.548 e. The lowest BCUT2D eigenvalue weighted by atomic mass is 10.1. The van der Waals surface area contributed by atoms with Crippen LogP contribution in [0, 0.1) is 0 Å². The first-order valence-corrected chi connectivity index (χ1v) is 10.7. The number of rotatable bonds is 5. The van der Waals surface area contributed by atoms with Gasteiger partial charge in [0.25, 0.3) is 11.8 Å². The van der Waals surface area contributed by atoms with Crippen molar-refractivity contribution in [3.8, 4) is 0 Å². The zero-order valence-electron chi connectivity index (χ0n) is 11.5. The minimum absolute atomic E-state index is 0.131. The molecule has 1 heterocycles. The van der Waals surface area contributed by atoms with Gasteiger partial charge in [-0.25, -0.2) is 0 Å².